The molecule has 1 aromatic heterocycles. The molecule has 1 heterocycles. The summed E-state index contributed by atoms with van der Waals surface area (Å²) in [5.74, 6) is 0.610. The molecule has 0 saturated carbocycles. The van der Waals surface area contributed by atoms with E-state index in [9.17, 15) is 8.42 Å². The van der Waals surface area contributed by atoms with Gasteiger partial charge in [0, 0.05) is 16.9 Å². The van der Waals surface area contributed by atoms with E-state index in [1.54, 1.807) is 30.6 Å². The lowest BCUT2D eigenvalue weighted by Crippen LogP contribution is -2.29. The number of nitrogens with zero attached hydrogens (tertiary/aromatic N) is 1. The highest BCUT2D eigenvalue weighted by molar-refractivity contribution is 9.10. The second-order valence-corrected chi connectivity index (χ2v) is 7.03. The fourth-order valence-corrected chi connectivity index (χ4v) is 4.35. The zero-order chi connectivity index (χ0) is 14.8. The van der Waals surface area contributed by atoms with E-state index in [4.69, 9.17) is 0 Å². The Bertz CT molecular complexity index is 684. The summed E-state index contributed by atoms with van der Waals surface area (Å²) in [6.45, 7) is 3.81. The summed E-state index contributed by atoms with van der Waals surface area (Å²) in [7, 11) is -3.60. The highest BCUT2D eigenvalue weighted by Crippen LogP contribution is 2.25. The van der Waals surface area contributed by atoms with Gasteiger partial charge in [0.15, 0.2) is 0 Å². The molecule has 0 aliphatic carbocycles. The highest BCUT2D eigenvalue weighted by atomic mass is 79.9. The maximum Gasteiger partial charge on any atom is 0.242 e. The van der Waals surface area contributed by atoms with Gasteiger partial charge in [0.05, 0.1) is 10.9 Å². The van der Waals surface area contributed by atoms with E-state index in [-0.39, 0.29) is 10.9 Å². The molecule has 2 N–H and O–H groups in total. The van der Waals surface area contributed by atoms with Gasteiger partial charge in [0.25, 0.3) is 0 Å². The van der Waals surface area contributed by atoms with Crippen molar-refractivity contribution in [3.63, 3.8) is 0 Å². The quantitative estimate of drug-likeness (QED) is 0.863. The predicted molar refractivity (Wildman–Crippen MR) is 80.8 cm³/mol. The monoisotopic (exact) mass is 357 g/mol. The van der Waals surface area contributed by atoms with Crippen molar-refractivity contribution < 1.29 is 8.42 Å². The Hall–Kier alpha value is -1.18. The molecule has 1 aromatic carbocycles. The number of nitrogens with one attached hydrogen (secondary N) is 2. The van der Waals surface area contributed by atoms with E-state index in [0.29, 0.717) is 16.7 Å². The largest absolute Gasteiger partial charge is 0.347 e. The van der Waals surface area contributed by atoms with Gasteiger partial charge in [-0.05, 0) is 47.0 Å². The molecule has 108 valence electrons. The van der Waals surface area contributed by atoms with Crippen LogP contribution in [-0.2, 0) is 10.0 Å². The Morgan fingerprint density at radius 2 is 2.20 bits per heavy atom. The van der Waals surface area contributed by atoms with Gasteiger partial charge in [-0.3, -0.25) is 0 Å². The van der Waals surface area contributed by atoms with Gasteiger partial charge in [-0.25, -0.2) is 18.1 Å². The van der Waals surface area contributed by atoms with Gasteiger partial charge in [0.1, 0.15) is 5.82 Å². The number of rotatable bonds is 5. The van der Waals surface area contributed by atoms with E-state index in [2.05, 4.69) is 30.6 Å². The van der Waals surface area contributed by atoms with Crippen molar-refractivity contribution in [1.29, 1.82) is 0 Å². The summed E-state index contributed by atoms with van der Waals surface area (Å²) in [4.78, 5) is 7.27. The van der Waals surface area contributed by atoms with E-state index >= 15 is 0 Å². The SMILES string of the molecule is CCC(NS(=O)(=O)c1ccc(C)cc1Br)c1ncc[nH]1. The topological polar surface area (TPSA) is 74.8 Å². The Kier molecular flexibility index (Phi) is 4.62. The van der Waals surface area contributed by atoms with Crippen LogP contribution >= 0.6 is 15.9 Å². The highest BCUT2D eigenvalue weighted by Gasteiger charge is 2.23. The Morgan fingerprint density at radius 1 is 1.45 bits per heavy atom. The maximum absolute atomic E-state index is 12.4. The summed E-state index contributed by atoms with van der Waals surface area (Å²) in [6, 6.07) is 4.77. The van der Waals surface area contributed by atoms with Crippen LogP contribution in [0.4, 0.5) is 0 Å². The van der Waals surface area contributed by atoms with Crippen LogP contribution in [0.1, 0.15) is 30.8 Å². The smallest absolute Gasteiger partial charge is 0.242 e. The van der Waals surface area contributed by atoms with Crippen molar-refractivity contribution in [3.8, 4) is 0 Å². The van der Waals surface area contributed by atoms with E-state index in [0.717, 1.165) is 5.56 Å². The average molecular weight is 358 g/mol. The molecule has 2 aromatic rings. The van der Waals surface area contributed by atoms with Crippen LogP contribution in [0, 0.1) is 6.92 Å². The molecule has 0 radical (unpaired) electrons. The molecule has 20 heavy (non-hydrogen) atoms. The fraction of sp³-hybridized carbons (Fsp3) is 0.308. The number of imidazole rings is 1. The van der Waals surface area contributed by atoms with E-state index in [1.807, 2.05) is 13.8 Å². The third-order valence-corrected chi connectivity index (χ3v) is 5.38. The number of hydrogen-bond acceptors (Lipinski definition) is 3. The minimum atomic E-state index is -3.60. The number of aromatic nitrogens is 2. The average Bonchev–Trinajstić information content (AvgIpc) is 2.89. The van der Waals surface area contributed by atoms with Gasteiger partial charge in [-0.2, -0.15) is 0 Å². The van der Waals surface area contributed by atoms with Crippen LogP contribution < -0.4 is 4.72 Å². The second-order valence-electron chi connectivity index (χ2n) is 4.49. The van der Waals surface area contributed by atoms with Crippen LogP contribution in [0.25, 0.3) is 0 Å². The third kappa shape index (κ3) is 3.28. The van der Waals surface area contributed by atoms with Gasteiger partial charge >= 0.3 is 0 Å². The van der Waals surface area contributed by atoms with Crippen molar-refractivity contribution in [3.05, 3.63) is 46.5 Å². The van der Waals surface area contributed by atoms with Gasteiger partial charge in [-0.1, -0.05) is 13.0 Å². The minimum absolute atomic E-state index is 0.230. The normalized spacial score (nSPS) is 13.3. The number of aromatic amines is 1. The second kappa shape index (κ2) is 6.07. The fourth-order valence-electron chi connectivity index (χ4n) is 1.88. The number of H-pyrrole nitrogens is 1. The molecule has 0 spiro atoms. The number of sulfonamides is 1. The molecule has 1 unspecified atom stereocenters. The van der Waals surface area contributed by atoms with Crippen molar-refractivity contribution in [2.45, 2.75) is 31.2 Å². The Balaban J connectivity index is 2.31. The first-order valence-electron chi connectivity index (χ1n) is 6.22. The van der Waals surface area contributed by atoms with Crippen molar-refractivity contribution in [2.24, 2.45) is 0 Å². The van der Waals surface area contributed by atoms with Gasteiger partial charge in [-0.15, -0.1) is 0 Å². The van der Waals surface area contributed by atoms with Crippen LogP contribution in [0.3, 0.4) is 0 Å². The first-order chi connectivity index (χ1) is 9.44. The summed E-state index contributed by atoms with van der Waals surface area (Å²) in [5.41, 5.74) is 0.994. The maximum atomic E-state index is 12.4. The van der Waals surface area contributed by atoms with Crippen molar-refractivity contribution >= 4 is 26.0 Å². The lowest BCUT2D eigenvalue weighted by molar-refractivity contribution is 0.539. The van der Waals surface area contributed by atoms with E-state index < -0.39 is 10.0 Å². The minimum Gasteiger partial charge on any atom is -0.347 e. The molecule has 0 saturated heterocycles. The van der Waals surface area contributed by atoms with Crippen LogP contribution in [0.2, 0.25) is 0 Å². The number of halogens is 1. The van der Waals surface area contributed by atoms with Crippen LogP contribution in [-0.4, -0.2) is 18.4 Å². The molecule has 5 nitrogen and oxygen atoms in total. The van der Waals surface area contributed by atoms with Crippen molar-refractivity contribution in [1.82, 2.24) is 14.7 Å². The standard InChI is InChI=1S/C13H16BrN3O2S/c1-3-11(13-15-6-7-16-13)17-20(18,19)12-5-4-9(2)8-10(12)14/h4-8,11,17H,3H2,1-2H3,(H,15,16). The van der Waals surface area contributed by atoms with Crippen LogP contribution in [0.5, 0.6) is 0 Å². The summed E-state index contributed by atoms with van der Waals surface area (Å²) >= 11 is 3.30. The third-order valence-electron chi connectivity index (χ3n) is 2.93. The lowest BCUT2D eigenvalue weighted by atomic mass is 10.2. The lowest BCUT2D eigenvalue weighted by Gasteiger charge is -2.16. The summed E-state index contributed by atoms with van der Waals surface area (Å²) in [6.07, 6.45) is 3.89. The molecule has 0 bridgehead atoms. The predicted octanol–water partition coefficient (Wildman–Crippen LogP) is 2.91. The molecule has 1 atom stereocenters. The van der Waals surface area contributed by atoms with Crippen LogP contribution in [0.15, 0.2) is 40.0 Å². The first-order valence-corrected chi connectivity index (χ1v) is 8.49. The molecule has 7 heteroatoms. The molecule has 0 aliphatic rings. The molecule has 0 amide bonds. The zero-order valence-corrected chi connectivity index (χ0v) is 13.6. The Labute approximate surface area is 127 Å². The molecule has 0 fully saturated rings. The van der Waals surface area contributed by atoms with Gasteiger partial charge in [0.2, 0.25) is 10.0 Å². The number of benzene rings is 1. The van der Waals surface area contributed by atoms with Gasteiger partial charge < -0.3 is 4.98 Å². The molecular weight excluding hydrogens is 342 g/mol. The van der Waals surface area contributed by atoms with Crippen molar-refractivity contribution in [2.75, 3.05) is 0 Å². The number of aryl methyl sites for hydroxylation is 1. The zero-order valence-electron chi connectivity index (χ0n) is 11.2. The molecule has 0 aliphatic heterocycles. The number of hydrogen-bond donors (Lipinski definition) is 2. The first kappa shape index (κ1) is 15.2. The summed E-state index contributed by atoms with van der Waals surface area (Å²) in [5, 5.41) is 0. The van der Waals surface area contributed by atoms with E-state index in [1.165, 1.54) is 0 Å². The molecular formula is C13H16BrN3O2S. The summed E-state index contributed by atoms with van der Waals surface area (Å²) < 4.78 is 28.1. The molecule has 2 rings (SSSR count). The Morgan fingerprint density at radius 3 is 2.75 bits per heavy atom.